The van der Waals surface area contributed by atoms with Crippen LogP contribution in [0.3, 0.4) is 0 Å². The van der Waals surface area contributed by atoms with Crippen molar-refractivity contribution in [2.24, 2.45) is 0 Å². The number of urea groups is 1. The highest BCUT2D eigenvalue weighted by Gasteiger charge is 2.38. The summed E-state index contributed by atoms with van der Waals surface area (Å²) in [5.41, 5.74) is 0.711. The van der Waals surface area contributed by atoms with Crippen LogP contribution in [0, 0.1) is 5.82 Å². The minimum Gasteiger partial charge on any atom is -0.475 e. The highest BCUT2D eigenvalue weighted by atomic mass is 32.1. The number of aliphatic carboxylic acids is 1. The van der Waals surface area contributed by atoms with Gasteiger partial charge in [0.1, 0.15) is 11.6 Å². The van der Waals surface area contributed by atoms with Crippen LogP contribution in [0.4, 0.5) is 52.7 Å². The van der Waals surface area contributed by atoms with Gasteiger partial charge in [0, 0.05) is 37.3 Å². The van der Waals surface area contributed by atoms with Crippen LogP contribution in [0.15, 0.2) is 60.7 Å². The Bertz CT molecular complexity index is 1630. The molecule has 0 saturated carbocycles. The Labute approximate surface area is 249 Å². The Balaban J connectivity index is 0.000000566. The Morgan fingerprint density at radius 3 is 2.07 bits per heavy atom. The number of carbonyl (C=O) groups excluding carboxylic acids is 1. The van der Waals surface area contributed by atoms with Crippen molar-refractivity contribution in [3.63, 3.8) is 0 Å². The van der Waals surface area contributed by atoms with Crippen molar-refractivity contribution >= 4 is 50.8 Å². The second kappa shape index (κ2) is 13.1. The van der Waals surface area contributed by atoms with Gasteiger partial charge in [0.15, 0.2) is 0 Å². The Kier molecular flexibility index (Phi) is 9.63. The number of fused-ring (bicyclic) bond motifs is 1. The van der Waals surface area contributed by atoms with Gasteiger partial charge in [0.05, 0.1) is 16.0 Å². The van der Waals surface area contributed by atoms with Crippen LogP contribution < -0.4 is 15.5 Å². The summed E-state index contributed by atoms with van der Waals surface area (Å²) in [5.74, 6) is -2.73. The third-order valence-corrected chi connectivity index (χ3v) is 7.33. The van der Waals surface area contributed by atoms with Crippen LogP contribution in [-0.2, 0) is 11.0 Å². The summed E-state index contributed by atoms with van der Waals surface area (Å²) in [7, 11) is 2.11. The zero-order chi connectivity index (χ0) is 32.2. The molecule has 1 aliphatic rings. The van der Waals surface area contributed by atoms with Gasteiger partial charge in [-0.05, 0) is 72.2 Å². The van der Waals surface area contributed by atoms with Crippen molar-refractivity contribution in [3.05, 3.63) is 72.0 Å². The highest BCUT2D eigenvalue weighted by Crippen LogP contribution is 2.35. The summed E-state index contributed by atoms with van der Waals surface area (Å²) in [6.07, 6.45) is -9.73. The van der Waals surface area contributed by atoms with E-state index in [1.54, 1.807) is 12.1 Å². The Morgan fingerprint density at radius 2 is 1.48 bits per heavy atom. The molecule has 3 N–H and O–H groups in total. The number of likely N-dealkylation sites (N-methyl/N-ethyl adjacent to an activating group) is 1. The number of hydrogen-bond donors (Lipinski definition) is 3. The lowest BCUT2D eigenvalue weighted by atomic mass is 10.0. The minimum absolute atomic E-state index is 0.407. The molecule has 0 spiro atoms. The molecule has 1 fully saturated rings. The largest absolute Gasteiger partial charge is 0.490 e. The van der Waals surface area contributed by atoms with Crippen molar-refractivity contribution in [3.8, 4) is 11.1 Å². The van der Waals surface area contributed by atoms with E-state index in [1.807, 2.05) is 24.3 Å². The number of nitrogens with one attached hydrogen (secondary N) is 2. The van der Waals surface area contributed by atoms with E-state index in [1.165, 1.54) is 11.5 Å². The molecule has 2 heterocycles. The van der Waals surface area contributed by atoms with Crippen molar-refractivity contribution in [1.82, 2.24) is 9.27 Å². The first-order valence-corrected chi connectivity index (χ1v) is 13.6. The van der Waals surface area contributed by atoms with E-state index < -0.39 is 41.4 Å². The number of alkyl halides is 6. The molecule has 0 bridgehead atoms. The number of carbonyl (C=O) groups is 2. The molecule has 0 atom stereocenters. The summed E-state index contributed by atoms with van der Waals surface area (Å²) in [6.45, 7) is 3.82. The van der Waals surface area contributed by atoms with Gasteiger partial charge in [-0.2, -0.15) is 30.7 Å². The smallest absolute Gasteiger partial charge is 0.475 e. The van der Waals surface area contributed by atoms with Crippen LogP contribution in [0.1, 0.15) is 5.56 Å². The van der Waals surface area contributed by atoms with Gasteiger partial charge in [-0.1, -0.05) is 18.2 Å². The lowest BCUT2D eigenvalue weighted by Crippen LogP contribution is -2.44. The highest BCUT2D eigenvalue weighted by molar-refractivity contribution is 7.13. The molecule has 5 rings (SSSR count). The van der Waals surface area contributed by atoms with Crippen LogP contribution in [0.2, 0.25) is 0 Å². The monoisotopic (exact) mass is 643 g/mol. The van der Waals surface area contributed by atoms with Gasteiger partial charge >= 0.3 is 24.4 Å². The average molecular weight is 644 g/mol. The fraction of sp³-hybridized carbons (Fsp3) is 0.250. The maximum Gasteiger partial charge on any atom is 0.490 e. The lowest BCUT2D eigenvalue weighted by Gasteiger charge is -2.32. The van der Waals surface area contributed by atoms with Crippen molar-refractivity contribution in [1.29, 1.82) is 0 Å². The molecule has 0 radical (unpaired) electrons. The van der Waals surface area contributed by atoms with Gasteiger partial charge in [0.2, 0.25) is 0 Å². The van der Waals surface area contributed by atoms with Crippen LogP contribution >= 0.6 is 11.5 Å². The Morgan fingerprint density at radius 1 is 0.864 bits per heavy atom. The molecule has 4 aromatic rings. The van der Waals surface area contributed by atoms with E-state index in [2.05, 4.69) is 33.5 Å². The zero-order valence-corrected chi connectivity index (χ0v) is 23.6. The molecule has 0 aliphatic carbocycles. The number of amides is 2. The summed E-state index contributed by atoms with van der Waals surface area (Å²) in [6, 6.07) is 14.2. The number of rotatable bonds is 4. The van der Waals surface area contributed by atoms with Crippen molar-refractivity contribution in [2.45, 2.75) is 12.4 Å². The molecule has 16 heteroatoms. The summed E-state index contributed by atoms with van der Waals surface area (Å²) < 4.78 is 90.2. The van der Waals surface area contributed by atoms with Crippen molar-refractivity contribution < 1.29 is 45.4 Å². The number of benzene rings is 3. The van der Waals surface area contributed by atoms with E-state index in [0.29, 0.717) is 23.9 Å². The molecule has 234 valence electrons. The number of anilines is 3. The number of piperazine rings is 1. The Hall–Kier alpha value is -4.44. The molecule has 8 nitrogen and oxygen atoms in total. The number of halogens is 7. The molecule has 44 heavy (non-hydrogen) atoms. The third-order valence-electron chi connectivity index (χ3n) is 6.51. The SMILES string of the molecule is CN1CCN(c2nsc3ccc(-c4ccc(NC(=O)Nc5cc(C(F)(F)F)ccc5F)cc4)cc23)CC1.O=C(O)C(F)(F)F. The van der Waals surface area contributed by atoms with Crippen LogP contribution in [0.5, 0.6) is 0 Å². The van der Waals surface area contributed by atoms with Gasteiger partial charge in [-0.3, -0.25) is 0 Å². The quantitative estimate of drug-likeness (QED) is 0.205. The molecule has 1 saturated heterocycles. The normalized spacial score (nSPS) is 14.1. The minimum atomic E-state index is -5.08. The number of aromatic nitrogens is 1. The summed E-state index contributed by atoms with van der Waals surface area (Å²) in [5, 5.41) is 12.9. The number of hydrogen-bond acceptors (Lipinski definition) is 6. The molecule has 0 unspecified atom stereocenters. The van der Waals surface area contributed by atoms with Gasteiger partial charge in [0.25, 0.3) is 0 Å². The number of nitrogens with zero attached hydrogens (tertiary/aromatic N) is 3. The van der Waals surface area contributed by atoms with E-state index >= 15 is 0 Å². The third kappa shape index (κ3) is 8.13. The average Bonchev–Trinajstić information content (AvgIpc) is 3.37. The van der Waals surface area contributed by atoms with E-state index in [4.69, 9.17) is 14.3 Å². The first-order valence-electron chi connectivity index (χ1n) is 12.8. The first kappa shape index (κ1) is 32.5. The molecule has 2 amide bonds. The predicted molar refractivity (Wildman–Crippen MR) is 153 cm³/mol. The molecular weight excluding hydrogens is 619 g/mol. The summed E-state index contributed by atoms with van der Waals surface area (Å²) >= 11 is 1.48. The topological polar surface area (TPSA) is 97.8 Å². The fourth-order valence-electron chi connectivity index (χ4n) is 4.18. The van der Waals surface area contributed by atoms with Crippen LogP contribution in [-0.4, -0.2) is 65.8 Å². The van der Waals surface area contributed by atoms with Gasteiger partial charge in [-0.25, -0.2) is 14.0 Å². The van der Waals surface area contributed by atoms with Crippen molar-refractivity contribution in [2.75, 3.05) is 48.8 Å². The maximum absolute atomic E-state index is 13.9. The summed E-state index contributed by atoms with van der Waals surface area (Å²) in [4.78, 5) is 25.8. The molecule has 1 aliphatic heterocycles. The fourth-order valence-corrected chi connectivity index (χ4v) is 4.96. The second-order valence-corrected chi connectivity index (χ2v) is 10.5. The first-order chi connectivity index (χ1) is 20.6. The molecule has 1 aromatic heterocycles. The lowest BCUT2D eigenvalue weighted by molar-refractivity contribution is -0.192. The predicted octanol–water partition coefficient (Wildman–Crippen LogP) is 7.15. The number of carboxylic acids is 1. The van der Waals surface area contributed by atoms with E-state index in [-0.39, 0.29) is 0 Å². The standard InChI is InChI=1S/C26H23F4N5OS.C2HF3O2/c1-34-10-12-35(13-11-34)24-20-14-17(4-9-23(20)37-33-24)16-2-6-19(7-3-16)31-25(36)32-22-15-18(26(28,29)30)5-8-21(22)27;3-2(4,5)1(6)7/h2-9,14-15H,10-13H2,1H3,(H2,31,32,36);(H,6,7). The molecular formula is C28H24F7N5O3S. The van der Waals surface area contributed by atoms with E-state index in [9.17, 15) is 35.5 Å². The van der Waals surface area contributed by atoms with Gasteiger partial charge < -0.3 is 25.5 Å². The van der Waals surface area contributed by atoms with Crippen LogP contribution in [0.25, 0.3) is 21.2 Å². The zero-order valence-electron chi connectivity index (χ0n) is 22.8. The maximum atomic E-state index is 13.9. The van der Waals surface area contributed by atoms with Gasteiger partial charge in [-0.15, -0.1) is 0 Å². The second-order valence-electron chi connectivity index (χ2n) is 9.66. The number of carboxylic acid groups (broad SMARTS) is 1. The molecule has 3 aromatic carbocycles. The van der Waals surface area contributed by atoms with E-state index in [0.717, 1.165) is 53.2 Å².